The van der Waals surface area contributed by atoms with Crippen molar-refractivity contribution in [3.05, 3.63) is 23.2 Å². The van der Waals surface area contributed by atoms with Crippen LogP contribution in [0.4, 0.5) is 5.69 Å². The number of ether oxygens (including phenoxy) is 1. The van der Waals surface area contributed by atoms with Crippen LogP contribution in [0.5, 0.6) is 5.75 Å². The number of likely N-dealkylation sites (tertiary alicyclic amines) is 1. The lowest BCUT2D eigenvalue weighted by Crippen LogP contribution is -2.37. The molecule has 1 aromatic rings. The quantitative estimate of drug-likeness (QED) is 0.915. The molecule has 1 aromatic carbocycles. The highest BCUT2D eigenvalue weighted by Gasteiger charge is 2.22. The second-order valence-electron chi connectivity index (χ2n) is 5.42. The summed E-state index contributed by atoms with van der Waals surface area (Å²) >= 11 is 6.23. The fraction of sp³-hybridized carbons (Fsp3) is 0.600. The average Bonchev–Trinajstić information content (AvgIpc) is 2.42. The van der Waals surface area contributed by atoms with Crippen LogP contribution in [0.3, 0.4) is 0 Å². The van der Waals surface area contributed by atoms with E-state index in [-0.39, 0.29) is 0 Å². The van der Waals surface area contributed by atoms with Crippen LogP contribution in [0.25, 0.3) is 0 Å². The molecular formula is C15H23ClN2O. The van der Waals surface area contributed by atoms with E-state index in [0.29, 0.717) is 12.0 Å². The van der Waals surface area contributed by atoms with Crippen molar-refractivity contribution < 1.29 is 4.74 Å². The first kappa shape index (κ1) is 14.5. The maximum atomic E-state index is 6.23. The lowest BCUT2D eigenvalue weighted by Gasteiger charge is -2.33. The second kappa shape index (κ2) is 6.49. The van der Waals surface area contributed by atoms with Crippen molar-refractivity contribution in [2.45, 2.75) is 25.8 Å². The molecule has 0 aromatic heterocycles. The maximum Gasteiger partial charge on any atom is 0.121 e. The van der Waals surface area contributed by atoms with Gasteiger partial charge in [-0.3, -0.25) is 0 Å². The summed E-state index contributed by atoms with van der Waals surface area (Å²) in [7, 11) is 3.86. The molecule has 1 aliphatic heterocycles. The minimum atomic E-state index is 0.429. The minimum Gasteiger partial charge on any atom is -0.497 e. The van der Waals surface area contributed by atoms with Gasteiger partial charge in [0.25, 0.3) is 0 Å². The summed E-state index contributed by atoms with van der Waals surface area (Å²) in [5.41, 5.74) is 0.965. The standard InChI is InChI=1S/C15H23ClN2O/c1-11(12-6-8-18(2)9-7-12)17-15-10-13(19-3)4-5-14(15)16/h4-5,10-12,17H,6-9H2,1-3H3. The Labute approximate surface area is 120 Å². The smallest absolute Gasteiger partial charge is 0.121 e. The molecule has 19 heavy (non-hydrogen) atoms. The third-order valence-electron chi connectivity index (χ3n) is 4.03. The van der Waals surface area contributed by atoms with Crippen molar-refractivity contribution in [1.29, 1.82) is 0 Å². The molecule has 0 spiro atoms. The normalized spacial score (nSPS) is 19.2. The molecule has 0 radical (unpaired) electrons. The SMILES string of the molecule is COc1ccc(Cl)c(NC(C)C2CCN(C)CC2)c1. The number of benzene rings is 1. The molecule has 106 valence electrons. The van der Waals surface area contributed by atoms with Gasteiger partial charge in [0, 0.05) is 12.1 Å². The van der Waals surface area contributed by atoms with Gasteiger partial charge in [-0.05, 0) is 58.0 Å². The highest BCUT2D eigenvalue weighted by atomic mass is 35.5. The molecule has 1 heterocycles. The summed E-state index contributed by atoms with van der Waals surface area (Å²) in [6.07, 6.45) is 2.48. The molecule has 1 unspecified atom stereocenters. The summed E-state index contributed by atoms with van der Waals surface area (Å²) < 4.78 is 5.25. The first-order valence-electron chi connectivity index (χ1n) is 6.88. The van der Waals surface area contributed by atoms with Gasteiger partial charge in [0.1, 0.15) is 5.75 Å². The number of nitrogens with one attached hydrogen (secondary N) is 1. The van der Waals surface area contributed by atoms with E-state index in [1.165, 1.54) is 25.9 Å². The maximum absolute atomic E-state index is 6.23. The van der Waals surface area contributed by atoms with Crippen molar-refractivity contribution in [1.82, 2.24) is 4.90 Å². The minimum absolute atomic E-state index is 0.429. The van der Waals surface area contributed by atoms with E-state index in [1.54, 1.807) is 7.11 Å². The Hall–Kier alpha value is -0.930. The largest absolute Gasteiger partial charge is 0.497 e. The van der Waals surface area contributed by atoms with Gasteiger partial charge in [-0.15, -0.1) is 0 Å². The van der Waals surface area contributed by atoms with E-state index in [1.807, 2.05) is 18.2 Å². The molecule has 0 amide bonds. The first-order chi connectivity index (χ1) is 9.10. The van der Waals surface area contributed by atoms with E-state index < -0.39 is 0 Å². The number of rotatable bonds is 4. The molecule has 0 saturated carbocycles. The van der Waals surface area contributed by atoms with Crippen molar-refractivity contribution in [3.8, 4) is 5.75 Å². The van der Waals surface area contributed by atoms with Crippen molar-refractivity contribution in [3.63, 3.8) is 0 Å². The van der Waals surface area contributed by atoms with Crippen molar-refractivity contribution in [2.24, 2.45) is 5.92 Å². The van der Waals surface area contributed by atoms with E-state index in [2.05, 4.69) is 24.2 Å². The summed E-state index contributed by atoms with van der Waals surface area (Å²) in [5.74, 6) is 1.54. The highest BCUT2D eigenvalue weighted by Crippen LogP contribution is 2.29. The average molecular weight is 283 g/mol. The number of methoxy groups -OCH3 is 1. The Balaban J connectivity index is 2.00. The van der Waals surface area contributed by atoms with Gasteiger partial charge >= 0.3 is 0 Å². The van der Waals surface area contributed by atoms with Gasteiger partial charge in [0.2, 0.25) is 0 Å². The molecule has 1 N–H and O–H groups in total. The first-order valence-corrected chi connectivity index (χ1v) is 7.26. The Bertz CT molecular complexity index is 417. The fourth-order valence-electron chi connectivity index (χ4n) is 2.63. The van der Waals surface area contributed by atoms with Crippen LogP contribution in [-0.2, 0) is 0 Å². The van der Waals surface area contributed by atoms with E-state index in [0.717, 1.165) is 16.5 Å². The molecule has 0 bridgehead atoms. The molecule has 1 atom stereocenters. The lowest BCUT2D eigenvalue weighted by molar-refractivity contribution is 0.208. The number of hydrogen-bond donors (Lipinski definition) is 1. The zero-order valence-electron chi connectivity index (χ0n) is 11.9. The molecule has 1 saturated heterocycles. The van der Waals surface area contributed by atoms with Crippen molar-refractivity contribution in [2.75, 3.05) is 32.6 Å². The van der Waals surface area contributed by atoms with E-state index in [4.69, 9.17) is 16.3 Å². The monoisotopic (exact) mass is 282 g/mol. The highest BCUT2D eigenvalue weighted by molar-refractivity contribution is 6.33. The molecule has 2 rings (SSSR count). The zero-order valence-corrected chi connectivity index (χ0v) is 12.7. The lowest BCUT2D eigenvalue weighted by atomic mass is 9.90. The topological polar surface area (TPSA) is 24.5 Å². The van der Waals surface area contributed by atoms with Gasteiger partial charge in [-0.1, -0.05) is 11.6 Å². The van der Waals surface area contributed by atoms with Crippen LogP contribution in [0, 0.1) is 5.92 Å². The van der Waals surface area contributed by atoms with Gasteiger partial charge in [-0.2, -0.15) is 0 Å². The third kappa shape index (κ3) is 3.77. The fourth-order valence-corrected chi connectivity index (χ4v) is 2.81. The molecule has 0 aliphatic carbocycles. The summed E-state index contributed by atoms with van der Waals surface area (Å²) in [4.78, 5) is 2.39. The third-order valence-corrected chi connectivity index (χ3v) is 4.36. The molecule has 3 nitrogen and oxygen atoms in total. The van der Waals surface area contributed by atoms with Gasteiger partial charge in [0.15, 0.2) is 0 Å². The molecule has 1 fully saturated rings. The number of halogens is 1. The Morgan fingerprint density at radius 2 is 2.05 bits per heavy atom. The zero-order chi connectivity index (χ0) is 13.8. The number of hydrogen-bond acceptors (Lipinski definition) is 3. The summed E-state index contributed by atoms with van der Waals surface area (Å²) in [6, 6.07) is 6.16. The van der Waals surface area contributed by atoms with Crippen molar-refractivity contribution >= 4 is 17.3 Å². The van der Waals surface area contributed by atoms with E-state index >= 15 is 0 Å². The summed E-state index contributed by atoms with van der Waals surface area (Å²) in [6.45, 7) is 4.61. The predicted molar refractivity (Wildman–Crippen MR) is 81.3 cm³/mol. The van der Waals surface area contributed by atoms with Crippen LogP contribution in [0.2, 0.25) is 5.02 Å². The molecule has 4 heteroatoms. The van der Waals surface area contributed by atoms with Crippen LogP contribution in [-0.4, -0.2) is 38.2 Å². The van der Waals surface area contributed by atoms with Gasteiger partial charge in [-0.25, -0.2) is 0 Å². The van der Waals surface area contributed by atoms with Gasteiger partial charge < -0.3 is 15.0 Å². The second-order valence-corrected chi connectivity index (χ2v) is 5.83. The Kier molecular flexibility index (Phi) is 4.94. The van der Waals surface area contributed by atoms with Crippen LogP contribution < -0.4 is 10.1 Å². The summed E-state index contributed by atoms with van der Waals surface area (Å²) in [5, 5.41) is 4.29. The van der Waals surface area contributed by atoms with Crippen LogP contribution >= 0.6 is 11.6 Å². The Morgan fingerprint density at radius 3 is 2.68 bits per heavy atom. The van der Waals surface area contributed by atoms with Crippen LogP contribution in [0.15, 0.2) is 18.2 Å². The number of piperidine rings is 1. The van der Waals surface area contributed by atoms with Gasteiger partial charge in [0.05, 0.1) is 17.8 Å². The number of nitrogens with zero attached hydrogens (tertiary/aromatic N) is 1. The molecule has 1 aliphatic rings. The number of anilines is 1. The van der Waals surface area contributed by atoms with Crippen LogP contribution in [0.1, 0.15) is 19.8 Å². The Morgan fingerprint density at radius 1 is 1.37 bits per heavy atom. The predicted octanol–water partition coefficient (Wildman–Crippen LogP) is 3.49. The van der Waals surface area contributed by atoms with E-state index in [9.17, 15) is 0 Å². The molecular weight excluding hydrogens is 260 g/mol.